The van der Waals surface area contributed by atoms with E-state index in [-0.39, 0.29) is 18.3 Å². The van der Waals surface area contributed by atoms with Crippen molar-refractivity contribution in [3.8, 4) is 0 Å². The van der Waals surface area contributed by atoms with Gasteiger partial charge in [-0.05, 0) is 31.2 Å². The molecule has 1 N–H and O–H groups in total. The van der Waals surface area contributed by atoms with Crippen molar-refractivity contribution in [2.24, 2.45) is 5.41 Å². The van der Waals surface area contributed by atoms with Crippen molar-refractivity contribution in [3.05, 3.63) is 45.9 Å². The van der Waals surface area contributed by atoms with Crippen LogP contribution in [-0.4, -0.2) is 29.3 Å². The summed E-state index contributed by atoms with van der Waals surface area (Å²) >= 11 is 1.18. The molecule has 0 bridgehead atoms. The molecule has 6 nitrogen and oxygen atoms in total. The first-order valence-corrected chi connectivity index (χ1v) is 8.58. The molecule has 132 valence electrons. The lowest BCUT2D eigenvalue weighted by Crippen LogP contribution is -2.27. The highest BCUT2D eigenvalue weighted by Gasteiger charge is 2.21. The molecule has 0 saturated carbocycles. The molecule has 2 rings (SSSR count). The Labute approximate surface area is 150 Å². The lowest BCUT2D eigenvalue weighted by atomic mass is 9.95. The van der Waals surface area contributed by atoms with Crippen LogP contribution in [0, 0.1) is 12.3 Å². The zero-order valence-corrected chi connectivity index (χ0v) is 15.4. The van der Waals surface area contributed by atoms with Gasteiger partial charge in [-0.3, -0.25) is 9.59 Å². The first kappa shape index (κ1) is 18.8. The van der Waals surface area contributed by atoms with Gasteiger partial charge in [0.15, 0.2) is 12.4 Å². The maximum Gasteiger partial charge on any atom is 0.350 e. The number of esters is 1. The second kappa shape index (κ2) is 7.57. The molecule has 1 heterocycles. The fourth-order valence-corrected chi connectivity index (χ4v) is 2.53. The van der Waals surface area contributed by atoms with Crippen molar-refractivity contribution in [3.63, 3.8) is 0 Å². The Hall–Kier alpha value is -2.54. The van der Waals surface area contributed by atoms with E-state index in [4.69, 9.17) is 4.74 Å². The number of benzene rings is 1. The van der Waals surface area contributed by atoms with Crippen LogP contribution in [0.15, 0.2) is 29.8 Å². The summed E-state index contributed by atoms with van der Waals surface area (Å²) in [6.07, 6.45) is 0. The van der Waals surface area contributed by atoms with Crippen LogP contribution in [0.25, 0.3) is 0 Å². The Morgan fingerprint density at radius 1 is 1.16 bits per heavy atom. The van der Waals surface area contributed by atoms with Crippen molar-refractivity contribution in [2.75, 3.05) is 11.9 Å². The number of hydrogen-bond donors (Lipinski definition) is 1. The standard InChI is InChI=1S/C18H20N2O4S/c1-11-15(25-10-19-11)16(22)24-9-14(21)12-5-7-13(8-6-12)20-17(23)18(2,3)4/h5-8,10H,9H2,1-4H3,(H,20,23). The minimum atomic E-state index is -0.553. The lowest BCUT2D eigenvalue weighted by Gasteiger charge is -2.17. The molecular formula is C18H20N2O4S. The summed E-state index contributed by atoms with van der Waals surface area (Å²) in [5.41, 5.74) is 2.65. The van der Waals surface area contributed by atoms with Crippen LogP contribution < -0.4 is 5.32 Å². The van der Waals surface area contributed by atoms with Gasteiger partial charge in [-0.15, -0.1) is 11.3 Å². The molecule has 0 radical (unpaired) electrons. The molecule has 0 aliphatic heterocycles. The van der Waals surface area contributed by atoms with E-state index in [0.29, 0.717) is 21.8 Å². The van der Waals surface area contributed by atoms with Crippen molar-refractivity contribution in [2.45, 2.75) is 27.7 Å². The molecule has 1 amide bonds. The van der Waals surface area contributed by atoms with Gasteiger partial charge in [-0.1, -0.05) is 20.8 Å². The fourth-order valence-electron chi connectivity index (χ4n) is 1.84. The smallest absolute Gasteiger partial charge is 0.350 e. The van der Waals surface area contributed by atoms with Crippen molar-refractivity contribution >= 4 is 34.7 Å². The monoisotopic (exact) mass is 360 g/mol. The minimum absolute atomic E-state index is 0.111. The molecule has 0 aliphatic carbocycles. The van der Waals surface area contributed by atoms with E-state index in [1.165, 1.54) is 11.3 Å². The number of ketones is 1. The number of carbonyl (C=O) groups is 3. The number of amides is 1. The van der Waals surface area contributed by atoms with Gasteiger partial charge in [0.25, 0.3) is 0 Å². The third-order valence-electron chi connectivity index (χ3n) is 3.41. The van der Waals surface area contributed by atoms with Crippen LogP contribution >= 0.6 is 11.3 Å². The summed E-state index contributed by atoms with van der Waals surface area (Å²) in [5.74, 6) is -0.980. The quantitative estimate of drug-likeness (QED) is 0.652. The number of Topliss-reactive ketones (excluding diaryl/α,β-unsaturated/α-hetero) is 1. The van der Waals surface area contributed by atoms with Crippen molar-refractivity contribution < 1.29 is 19.1 Å². The highest BCUT2D eigenvalue weighted by molar-refractivity contribution is 7.11. The van der Waals surface area contributed by atoms with E-state index >= 15 is 0 Å². The SMILES string of the molecule is Cc1ncsc1C(=O)OCC(=O)c1ccc(NC(=O)C(C)(C)C)cc1. The van der Waals surface area contributed by atoms with Crippen LogP contribution in [0.1, 0.15) is 46.5 Å². The van der Waals surface area contributed by atoms with Crippen LogP contribution in [-0.2, 0) is 9.53 Å². The number of nitrogens with zero attached hydrogens (tertiary/aromatic N) is 1. The van der Waals surface area contributed by atoms with Gasteiger partial charge in [0.05, 0.1) is 11.2 Å². The van der Waals surface area contributed by atoms with Crippen LogP contribution in [0.4, 0.5) is 5.69 Å². The van der Waals surface area contributed by atoms with Crippen LogP contribution in [0.5, 0.6) is 0 Å². The molecule has 0 aliphatic rings. The number of anilines is 1. The Balaban J connectivity index is 1.93. The highest BCUT2D eigenvalue weighted by Crippen LogP contribution is 2.18. The highest BCUT2D eigenvalue weighted by atomic mass is 32.1. The maximum atomic E-state index is 12.1. The Morgan fingerprint density at radius 3 is 2.32 bits per heavy atom. The van der Waals surface area contributed by atoms with E-state index < -0.39 is 11.4 Å². The van der Waals surface area contributed by atoms with Gasteiger partial charge in [-0.25, -0.2) is 9.78 Å². The molecule has 0 fully saturated rings. The first-order chi connectivity index (χ1) is 11.7. The summed E-state index contributed by atoms with van der Waals surface area (Å²) in [5, 5.41) is 2.78. The number of aryl methyl sites for hydroxylation is 1. The van der Waals surface area contributed by atoms with Gasteiger partial charge < -0.3 is 10.1 Å². The summed E-state index contributed by atoms with van der Waals surface area (Å²) in [6.45, 7) is 6.82. The fraction of sp³-hybridized carbons (Fsp3) is 0.333. The summed E-state index contributed by atoms with van der Waals surface area (Å²) in [6, 6.07) is 6.47. The van der Waals surface area contributed by atoms with E-state index in [0.717, 1.165) is 0 Å². The topological polar surface area (TPSA) is 85.4 Å². The second-order valence-electron chi connectivity index (χ2n) is 6.55. The van der Waals surface area contributed by atoms with E-state index in [1.807, 2.05) is 20.8 Å². The van der Waals surface area contributed by atoms with Gasteiger partial charge in [0.2, 0.25) is 5.91 Å². The Kier molecular flexibility index (Phi) is 5.69. The van der Waals surface area contributed by atoms with Crippen LogP contribution in [0.3, 0.4) is 0 Å². The minimum Gasteiger partial charge on any atom is -0.453 e. The summed E-state index contributed by atoms with van der Waals surface area (Å²) < 4.78 is 5.04. The van der Waals surface area contributed by atoms with Crippen LogP contribution in [0.2, 0.25) is 0 Å². The van der Waals surface area contributed by atoms with E-state index in [2.05, 4.69) is 10.3 Å². The number of carbonyl (C=O) groups excluding carboxylic acids is 3. The van der Waals surface area contributed by atoms with Crippen molar-refractivity contribution in [1.29, 1.82) is 0 Å². The largest absolute Gasteiger partial charge is 0.453 e. The van der Waals surface area contributed by atoms with Gasteiger partial charge in [0.1, 0.15) is 4.88 Å². The zero-order valence-electron chi connectivity index (χ0n) is 14.6. The average Bonchev–Trinajstić information content (AvgIpc) is 2.98. The maximum absolute atomic E-state index is 12.1. The molecule has 1 aromatic carbocycles. The third kappa shape index (κ3) is 4.96. The van der Waals surface area contributed by atoms with Gasteiger partial charge in [0, 0.05) is 16.7 Å². The normalized spacial score (nSPS) is 11.0. The second-order valence-corrected chi connectivity index (χ2v) is 7.40. The van der Waals surface area contributed by atoms with Gasteiger partial charge >= 0.3 is 5.97 Å². The number of nitrogens with one attached hydrogen (secondary N) is 1. The zero-order chi connectivity index (χ0) is 18.6. The van der Waals surface area contributed by atoms with E-state index in [9.17, 15) is 14.4 Å². The third-order valence-corrected chi connectivity index (χ3v) is 4.32. The predicted molar refractivity (Wildman–Crippen MR) is 96.0 cm³/mol. The van der Waals surface area contributed by atoms with Crippen molar-refractivity contribution in [1.82, 2.24) is 4.98 Å². The number of rotatable bonds is 5. The molecule has 2 aromatic rings. The van der Waals surface area contributed by atoms with Gasteiger partial charge in [-0.2, -0.15) is 0 Å². The summed E-state index contributed by atoms with van der Waals surface area (Å²) in [7, 11) is 0. The first-order valence-electron chi connectivity index (χ1n) is 7.70. The lowest BCUT2D eigenvalue weighted by molar-refractivity contribution is -0.123. The number of ether oxygens (including phenoxy) is 1. The molecule has 7 heteroatoms. The van der Waals surface area contributed by atoms with E-state index in [1.54, 1.807) is 36.7 Å². The molecular weight excluding hydrogens is 340 g/mol. The molecule has 0 spiro atoms. The Morgan fingerprint density at radius 2 is 1.80 bits per heavy atom. The average molecular weight is 360 g/mol. The Bertz CT molecular complexity index is 788. The molecule has 0 saturated heterocycles. The number of hydrogen-bond acceptors (Lipinski definition) is 6. The number of thiazole rings is 1. The predicted octanol–water partition coefficient (Wildman–Crippen LogP) is 3.48. The molecule has 25 heavy (non-hydrogen) atoms. The molecule has 1 aromatic heterocycles. The molecule has 0 unspecified atom stereocenters. The number of aromatic nitrogens is 1. The summed E-state index contributed by atoms with van der Waals surface area (Å²) in [4.78, 5) is 40.3. The molecule has 0 atom stereocenters.